The van der Waals surface area contributed by atoms with E-state index in [1.165, 1.54) is 173 Å². The predicted molar refractivity (Wildman–Crippen MR) is 281 cm³/mol. The second-order valence-electron chi connectivity index (χ2n) is 18.4. The molecular weight excluding hydrogens is 817 g/mol. The van der Waals surface area contributed by atoms with Gasteiger partial charge in [0, 0.05) is 35.3 Å². The van der Waals surface area contributed by atoms with Crippen molar-refractivity contribution in [1.82, 2.24) is 15.0 Å². The first-order valence-electron chi connectivity index (χ1n) is 26.9. The summed E-state index contributed by atoms with van der Waals surface area (Å²) in [5, 5.41) is 10.3. The van der Waals surface area contributed by atoms with E-state index in [-0.39, 0.29) is 0 Å². The number of aromatic nitrogens is 3. The molecule has 0 aliphatic rings. The number of anilines is 6. The lowest BCUT2D eigenvalue weighted by Gasteiger charge is -2.14. The van der Waals surface area contributed by atoms with E-state index < -0.39 is 0 Å². The highest BCUT2D eigenvalue weighted by atomic mass is 16.5. The van der Waals surface area contributed by atoms with E-state index in [0.717, 1.165) is 53.6 Å². The Morgan fingerprint density at radius 3 is 0.773 bits per heavy atom. The van der Waals surface area contributed by atoms with E-state index in [1.54, 1.807) is 0 Å². The topological polar surface area (TPSA) is 102 Å². The number of nitrogens with one attached hydrogen (secondary N) is 3. The summed E-state index contributed by atoms with van der Waals surface area (Å²) in [4.78, 5) is 14.4. The van der Waals surface area contributed by atoms with Crippen LogP contribution in [0, 0.1) is 0 Å². The number of unbranched alkanes of at least 4 members (excludes halogenated alkanes) is 27. The molecule has 9 heteroatoms. The molecule has 0 aliphatic carbocycles. The lowest BCUT2D eigenvalue weighted by Crippen LogP contribution is -2.08. The molecule has 1 heterocycles. The summed E-state index contributed by atoms with van der Waals surface area (Å²) >= 11 is 0. The van der Waals surface area contributed by atoms with Crippen molar-refractivity contribution < 1.29 is 14.2 Å². The monoisotopic (exact) mass is 907 g/mol. The van der Waals surface area contributed by atoms with Crippen molar-refractivity contribution in [3.05, 3.63) is 72.8 Å². The van der Waals surface area contributed by atoms with Crippen LogP contribution in [0.15, 0.2) is 72.8 Å². The van der Waals surface area contributed by atoms with Crippen molar-refractivity contribution in [2.24, 2.45) is 0 Å². The maximum atomic E-state index is 6.19. The smallest absolute Gasteiger partial charge is 0.233 e. The van der Waals surface area contributed by atoms with Gasteiger partial charge in [0.2, 0.25) is 17.8 Å². The molecule has 0 amide bonds. The fourth-order valence-electron chi connectivity index (χ4n) is 8.26. The number of rotatable bonds is 42. The van der Waals surface area contributed by atoms with Gasteiger partial charge in [-0.2, -0.15) is 15.0 Å². The number of benzene rings is 3. The molecule has 66 heavy (non-hydrogen) atoms. The summed E-state index contributed by atoms with van der Waals surface area (Å²) in [6.45, 7) is 8.95. The van der Waals surface area contributed by atoms with Gasteiger partial charge < -0.3 is 30.2 Å². The molecule has 9 nitrogen and oxygen atoms in total. The van der Waals surface area contributed by atoms with Crippen LogP contribution < -0.4 is 30.2 Å². The van der Waals surface area contributed by atoms with Crippen LogP contribution in [0.25, 0.3) is 0 Å². The largest absolute Gasteiger partial charge is 0.494 e. The predicted octanol–water partition coefficient (Wildman–Crippen LogP) is 18.0. The van der Waals surface area contributed by atoms with Crippen molar-refractivity contribution in [3.8, 4) is 17.2 Å². The number of nitrogens with zero attached hydrogens (tertiary/aromatic N) is 3. The van der Waals surface area contributed by atoms with Crippen LogP contribution in [0.5, 0.6) is 17.2 Å². The SMILES string of the molecule is CCCCCCCCCCCCOc1cccc(Nc2nc(Nc3cccc(OCCCCCCCCCCCC)c3)nc(Nc3cccc(OCCCCCCCCCCCC)c3)n2)c1. The molecule has 0 unspecified atom stereocenters. The summed E-state index contributed by atoms with van der Waals surface area (Å²) in [6.07, 6.45) is 39.1. The van der Waals surface area contributed by atoms with Crippen LogP contribution in [0.4, 0.5) is 34.9 Å². The first-order chi connectivity index (χ1) is 32.6. The van der Waals surface area contributed by atoms with Crippen LogP contribution in [-0.4, -0.2) is 34.8 Å². The van der Waals surface area contributed by atoms with E-state index in [9.17, 15) is 0 Å². The van der Waals surface area contributed by atoms with Crippen molar-refractivity contribution >= 4 is 34.9 Å². The highest BCUT2D eigenvalue weighted by Crippen LogP contribution is 2.27. The molecule has 0 atom stereocenters. The van der Waals surface area contributed by atoms with E-state index in [1.807, 2.05) is 72.8 Å². The van der Waals surface area contributed by atoms with E-state index >= 15 is 0 Å². The van der Waals surface area contributed by atoms with E-state index in [2.05, 4.69) is 36.7 Å². The van der Waals surface area contributed by atoms with Gasteiger partial charge in [-0.05, 0) is 55.7 Å². The second-order valence-corrected chi connectivity index (χ2v) is 18.4. The van der Waals surface area contributed by atoms with Crippen molar-refractivity contribution in [2.45, 2.75) is 213 Å². The van der Waals surface area contributed by atoms with Gasteiger partial charge >= 0.3 is 0 Å². The zero-order valence-electron chi connectivity index (χ0n) is 41.8. The lowest BCUT2D eigenvalue weighted by molar-refractivity contribution is 0.304. The van der Waals surface area contributed by atoms with E-state index in [4.69, 9.17) is 29.2 Å². The minimum Gasteiger partial charge on any atom is -0.494 e. The normalized spacial score (nSPS) is 11.1. The average Bonchev–Trinajstić information content (AvgIpc) is 3.32. The molecule has 0 aliphatic heterocycles. The van der Waals surface area contributed by atoms with Gasteiger partial charge in [0.15, 0.2) is 0 Å². The van der Waals surface area contributed by atoms with Crippen LogP contribution in [0.2, 0.25) is 0 Å². The maximum Gasteiger partial charge on any atom is 0.233 e. The van der Waals surface area contributed by atoms with E-state index in [0.29, 0.717) is 37.7 Å². The van der Waals surface area contributed by atoms with Gasteiger partial charge in [-0.1, -0.05) is 212 Å². The Bertz CT molecular complexity index is 1570. The number of hydrogen-bond acceptors (Lipinski definition) is 9. The standard InChI is InChI=1S/C57H90N6O3/c1-4-7-10-13-16-19-22-25-28-31-43-64-52-40-34-37-49(46-52)58-55-61-56(59-50-38-35-41-53(47-50)65-44-32-29-26-23-20-17-14-11-8-5-2)63-57(62-55)60-51-39-36-42-54(48-51)66-45-33-30-27-24-21-18-15-12-9-6-3/h34-42,46-48H,4-33,43-45H2,1-3H3,(H3,58,59,60,61,62,63). The van der Waals surface area contributed by atoms with Gasteiger partial charge in [-0.3, -0.25) is 0 Å². The number of hydrogen-bond donors (Lipinski definition) is 3. The first kappa shape index (κ1) is 54.1. The molecule has 4 aromatic rings. The zero-order valence-corrected chi connectivity index (χ0v) is 41.8. The third-order valence-electron chi connectivity index (χ3n) is 12.2. The Morgan fingerprint density at radius 2 is 0.530 bits per heavy atom. The first-order valence-corrected chi connectivity index (χ1v) is 26.9. The summed E-state index contributed by atoms with van der Waals surface area (Å²) in [7, 11) is 0. The van der Waals surface area contributed by atoms with Gasteiger partial charge in [0.05, 0.1) is 19.8 Å². The van der Waals surface area contributed by atoms with Gasteiger partial charge in [0.25, 0.3) is 0 Å². The molecule has 0 spiro atoms. The Kier molecular flexibility index (Phi) is 30.0. The summed E-state index contributed by atoms with van der Waals surface area (Å²) in [5.41, 5.74) is 2.51. The molecule has 3 N–H and O–H groups in total. The number of ether oxygens (including phenoxy) is 3. The van der Waals surface area contributed by atoms with Crippen LogP contribution >= 0.6 is 0 Å². The van der Waals surface area contributed by atoms with Gasteiger partial charge in [-0.25, -0.2) is 0 Å². The third kappa shape index (κ3) is 26.0. The summed E-state index contributed by atoms with van der Waals surface area (Å²) in [5.74, 6) is 3.69. The minimum atomic E-state index is 0.406. The summed E-state index contributed by atoms with van der Waals surface area (Å²) in [6, 6.07) is 24.0. The third-order valence-corrected chi connectivity index (χ3v) is 12.2. The molecule has 1 aromatic heterocycles. The lowest BCUT2D eigenvalue weighted by atomic mass is 10.1. The molecule has 0 radical (unpaired) electrons. The fraction of sp³-hybridized carbons (Fsp3) is 0.632. The highest BCUT2D eigenvalue weighted by Gasteiger charge is 2.11. The molecule has 0 bridgehead atoms. The molecule has 3 aromatic carbocycles. The van der Waals surface area contributed by atoms with Gasteiger partial charge in [-0.15, -0.1) is 0 Å². The maximum absolute atomic E-state index is 6.19. The zero-order chi connectivity index (χ0) is 46.4. The summed E-state index contributed by atoms with van der Waals surface area (Å²) < 4.78 is 18.6. The molecule has 366 valence electrons. The fourth-order valence-corrected chi connectivity index (χ4v) is 8.26. The Morgan fingerprint density at radius 1 is 0.303 bits per heavy atom. The Hall–Kier alpha value is -4.53. The Balaban J connectivity index is 1.32. The quantitative estimate of drug-likeness (QED) is 0.0375. The molecule has 0 fully saturated rings. The second kappa shape index (κ2) is 36.6. The van der Waals surface area contributed by atoms with Crippen molar-refractivity contribution in [1.29, 1.82) is 0 Å². The average molecular weight is 907 g/mol. The van der Waals surface area contributed by atoms with Gasteiger partial charge in [0.1, 0.15) is 17.2 Å². The van der Waals surface area contributed by atoms with Crippen LogP contribution in [-0.2, 0) is 0 Å². The van der Waals surface area contributed by atoms with Crippen molar-refractivity contribution in [3.63, 3.8) is 0 Å². The molecule has 0 saturated heterocycles. The minimum absolute atomic E-state index is 0.406. The molecule has 0 saturated carbocycles. The van der Waals surface area contributed by atoms with Crippen molar-refractivity contribution in [2.75, 3.05) is 35.8 Å². The van der Waals surface area contributed by atoms with Crippen LogP contribution in [0.3, 0.4) is 0 Å². The molecule has 4 rings (SSSR count). The van der Waals surface area contributed by atoms with Crippen LogP contribution in [0.1, 0.15) is 213 Å². The highest BCUT2D eigenvalue weighted by molar-refractivity contribution is 5.63. The molecular formula is C57H90N6O3. The Labute approximate surface area is 401 Å².